The van der Waals surface area contributed by atoms with Crippen LogP contribution in [-0.2, 0) is 16.4 Å². The maximum absolute atomic E-state index is 12.3. The predicted octanol–water partition coefficient (Wildman–Crippen LogP) is 2.50. The summed E-state index contributed by atoms with van der Waals surface area (Å²) in [5, 5.41) is 10.7. The summed E-state index contributed by atoms with van der Waals surface area (Å²) < 4.78 is 27.1. The minimum absolute atomic E-state index is 0.110. The van der Waals surface area contributed by atoms with E-state index in [0.717, 1.165) is 11.6 Å². The van der Waals surface area contributed by atoms with Crippen LogP contribution in [0.25, 0.3) is 0 Å². The van der Waals surface area contributed by atoms with Gasteiger partial charge < -0.3 is 0 Å². The molecule has 0 bridgehead atoms. The number of benzene rings is 2. The monoisotopic (exact) mass is 320 g/mol. The van der Waals surface area contributed by atoms with Crippen LogP contribution in [0.4, 0.5) is 5.69 Å². The van der Waals surface area contributed by atoms with Crippen LogP contribution < -0.4 is 4.72 Å². The van der Waals surface area contributed by atoms with Crippen molar-refractivity contribution in [2.75, 3.05) is 0 Å². The predicted molar refractivity (Wildman–Crippen MR) is 83.0 cm³/mol. The van der Waals surface area contributed by atoms with Crippen molar-refractivity contribution in [1.29, 1.82) is 0 Å². The minimum Gasteiger partial charge on any atom is -0.258 e. The maximum atomic E-state index is 12.3. The van der Waals surface area contributed by atoms with Crippen molar-refractivity contribution in [3.8, 4) is 0 Å². The van der Waals surface area contributed by atoms with Gasteiger partial charge in [-0.3, -0.25) is 10.1 Å². The smallest absolute Gasteiger partial charge is 0.258 e. The van der Waals surface area contributed by atoms with Crippen molar-refractivity contribution in [2.45, 2.75) is 24.3 Å². The third kappa shape index (κ3) is 4.12. The van der Waals surface area contributed by atoms with Crippen molar-refractivity contribution >= 4 is 15.7 Å². The highest BCUT2D eigenvalue weighted by molar-refractivity contribution is 7.89. The van der Waals surface area contributed by atoms with Crippen LogP contribution >= 0.6 is 0 Å². The van der Waals surface area contributed by atoms with Crippen LogP contribution in [0, 0.1) is 10.1 Å². The Kier molecular flexibility index (Phi) is 4.89. The number of hydrogen-bond acceptors (Lipinski definition) is 4. The Morgan fingerprint density at radius 2 is 1.82 bits per heavy atom. The zero-order chi connectivity index (χ0) is 16.2. The Labute approximate surface area is 129 Å². The number of hydrogen-bond donors (Lipinski definition) is 1. The summed E-state index contributed by atoms with van der Waals surface area (Å²) in [6.07, 6.45) is 0.537. The molecule has 116 valence electrons. The minimum atomic E-state index is -3.79. The first kappa shape index (κ1) is 16.1. The fraction of sp³-hybridized carbons (Fsp3) is 0.200. The maximum Gasteiger partial charge on any atom is 0.270 e. The van der Waals surface area contributed by atoms with E-state index in [2.05, 4.69) is 4.72 Å². The molecule has 1 N–H and O–H groups in total. The van der Waals surface area contributed by atoms with Gasteiger partial charge in [0.15, 0.2) is 0 Å². The van der Waals surface area contributed by atoms with E-state index in [9.17, 15) is 18.5 Å². The van der Waals surface area contributed by atoms with E-state index in [1.165, 1.54) is 18.2 Å². The summed E-state index contributed by atoms with van der Waals surface area (Å²) in [5.74, 6) is 0. The van der Waals surface area contributed by atoms with Crippen LogP contribution in [0.15, 0.2) is 59.5 Å². The lowest BCUT2D eigenvalue weighted by atomic mass is 10.1. The normalized spacial score (nSPS) is 12.8. The molecule has 22 heavy (non-hydrogen) atoms. The van der Waals surface area contributed by atoms with Gasteiger partial charge in [0.1, 0.15) is 0 Å². The molecule has 0 amide bonds. The largest absolute Gasteiger partial charge is 0.270 e. The SMILES string of the molecule is CC(Cc1ccccc1)NS(=O)(=O)c1cccc([N+](=O)[O-])c1. The lowest BCUT2D eigenvalue weighted by Gasteiger charge is -2.14. The van der Waals surface area contributed by atoms with Gasteiger partial charge in [-0.2, -0.15) is 0 Å². The quantitative estimate of drug-likeness (QED) is 0.654. The highest BCUT2D eigenvalue weighted by atomic mass is 32.2. The molecule has 2 aromatic carbocycles. The first-order valence-corrected chi connectivity index (χ1v) is 8.17. The van der Waals surface area contributed by atoms with Crippen LogP contribution in [0.2, 0.25) is 0 Å². The van der Waals surface area contributed by atoms with Crippen molar-refractivity contribution in [2.24, 2.45) is 0 Å². The van der Waals surface area contributed by atoms with E-state index in [-0.39, 0.29) is 16.6 Å². The molecule has 1 atom stereocenters. The Balaban J connectivity index is 2.13. The number of nitro benzene ring substituents is 1. The summed E-state index contributed by atoms with van der Waals surface area (Å²) in [4.78, 5) is 10.0. The topological polar surface area (TPSA) is 89.3 Å². The molecule has 0 aliphatic carbocycles. The molecule has 2 aromatic rings. The van der Waals surface area contributed by atoms with Crippen LogP contribution in [-0.4, -0.2) is 19.4 Å². The van der Waals surface area contributed by atoms with Crippen LogP contribution in [0.3, 0.4) is 0 Å². The van der Waals surface area contributed by atoms with Crippen LogP contribution in [0.1, 0.15) is 12.5 Å². The highest BCUT2D eigenvalue weighted by Gasteiger charge is 2.20. The first-order valence-electron chi connectivity index (χ1n) is 6.69. The average Bonchev–Trinajstić information content (AvgIpc) is 2.47. The number of rotatable bonds is 6. The number of sulfonamides is 1. The van der Waals surface area contributed by atoms with Gasteiger partial charge in [0, 0.05) is 18.2 Å². The second kappa shape index (κ2) is 6.67. The van der Waals surface area contributed by atoms with Crippen molar-refractivity contribution in [1.82, 2.24) is 4.72 Å². The Bertz CT molecular complexity index is 760. The molecule has 0 heterocycles. The van der Waals surface area contributed by atoms with Crippen molar-refractivity contribution in [3.05, 3.63) is 70.3 Å². The van der Waals surface area contributed by atoms with Gasteiger partial charge in [-0.15, -0.1) is 0 Å². The summed E-state index contributed by atoms with van der Waals surface area (Å²) in [6, 6.07) is 14.2. The van der Waals surface area contributed by atoms with Crippen molar-refractivity contribution in [3.63, 3.8) is 0 Å². The van der Waals surface area contributed by atoms with E-state index in [1.54, 1.807) is 6.92 Å². The van der Waals surface area contributed by atoms with Gasteiger partial charge in [-0.1, -0.05) is 36.4 Å². The van der Waals surface area contributed by atoms with Gasteiger partial charge in [-0.05, 0) is 25.0 Å². The summed E-state index contributed by atoms with van der Waals surface area (Å²) in [5.41, 5.74) is 0.760. The number of nitrogens with zero attached hydrogens (tertiary/aromatic N) is 1. The average molecular weight is 320 g/mol. The molecule has 0 saturated carbocycles. The molecule has 0 aliphatic heterocycles. The fourth-order valence-electron chi connectivity index (χ4n) is 2.11. The molecule has 0 aliphatic rings. The molecule has 0 fully saturated rings. The van der Waals surface area contributed by atoms with E-state index >= 15 is 0 Å². The zero-order valence-electron chi connectivity index (χ0n) is 12.0. The fourth-order valence-corrected chi connectivity index (χ4v) is 3.39. The summed E-state index contributed by atoms with van der Waals surface area (Å²) in [6.45, 7) is 1.75. The van der Waals surface area contributed by atoms with Gasteiger partial charge in [0.25, 0.3) is 5.69 Å². The Morgan fingerprint density at radius 3 is 2.45 bits per heavy atom. The van der Waals surface area contributed by atoms with E-state index in [0.29, 0.717) is 6.42 Å². The lowest BCUT2D eigenvalue weighted by Crippen LogP contribution is -2.34. The van der Waals surface area contributed by atoms with Gasteiger partial charge in [-0.25, -0.2) is 13.1 Å². The molecular formula is C15H16N2O4S. The molecule has 0 radical (unpaired) electrons. The second-order valence-electron chi connectivity index (χ2n) is 4.97. The highest BCUT2D eigenvalue weighted by Crippen LogP contribution is 2.17. The Morgan fingerprint density at radius 1 is 1.14 bits per heavy atom. The van der Waals surface area contributed by atoms with Crippen LogP contribution in [0.5, 0.6) is 0 Å². The van der Waals surface area contributed by atoms with Gasteiger partial charge in [0.05, 0.1) is 9.82 Å². The van der Waals surface area contributed by atoms with Gasteiger partial charge >= 0.3 is 0 Å². The molecule has 7 heteroatoms. The van der Waals surface area contributed by atoms with E-state index in [4.69, 9.17) is 0 Å². The zero-order valence-corrected chi connectivity index (χ0v) is 12.8. The number of nitro groups is 1. The first-order chi connectivity index (χ1) is 10.4. The van der Waals surface area contributed by atoms with Gasteiger partial charge in [0.2, 0.25) is 10.0 Å². The lowest BCUT2D eigenvalue weighted by molar-refractivity contribution is -0.385. The molecular weight excluding hydrogens is 304 g/mol. The van der Waals surface area contributed by atoms with E-state index in [1.807, 2.05) is 30.3 Å². The molecule has 2 rings (SSSR count). The molecule has 6 nitrogen and oxygen atoms in total. The third-order valence-corrected chi connectivity index (χ3v) is 4.67. The second-order valence-corrected chi connectivity index (χ2v) is 6.68. The standard InChI is InChI=1S/C15H16N2O4S/c1-12(10-13-6-3-2-4-7-13)16-22(20,21)15-9-5-8-14(11-15)17(18)19/h2-9,11-12,16H,10H2,1H3. The number of nitrogens with one attached hydrogen (secondary N) is 1. The van der Waals surface area contributed by atoms with E-state index < -0.39 is 14.9 Å². The molecule has 0 aromatic heterocycles. The molecule has 0 saturated heterocycles. The summed E-state index contributed by atoms with van der Waals surface area (Å²) >= 11 is 0. The molecule has 1 unspecified atom stereocenters. The number of non-ortho nitro benzene ring substituents is 1. The Hall–Kier alpha value is -2.25. The summed E-state index contributed by atoms with van der Waals surface area (Å²) in [7, 11) is -3.79. The van der Waals surface area contributed by atoms with Crippen molar-refractivity contribution < 1.29 is 13.3 Å². The third-order valence-electron chi connectivity index (χ3n) is 3.08. The molecule has 0 spiro atoms.